The molecule has 0 unspecified atom stereocenters. The molecule has 0 amide bonds. The van der Waals surface area contributed by atoms with Gasteiger partial charge in [0.25, 0.3) is 10.0 Å². The van der Waals surface area contributed by atoms with E-state index in [1.54, 1.807) is 18.2 Å². The zero-order valence-corrected chi connectivity index (χ0v) is 10.0. The van der Waals surface area contributed by atoms with Crippen LogP contribution in [0.4, 0.5) is 5.69 Å². The highest BCUT2D eigenvalue weighted by Gasteiger charge is 2.24. The van der Waals surface area contributed by atoms with Crippen LogP contribution in [-0.2, 0) is 10.0 Å². The first kappa shape index (κ1) is 11.7. The number of nitrogens with zero attached hydrogens (tertiary/aromatic N) is 2. The minimum absolute atomic E-state index is 0.253. The van der Waals surface area contributed by atoms with E-state index in [9.17, 15) is 8.42 Å². The van der Waals surface area contributed by atoms with Crippen molar-refractivity contribution in [2.45, 2.75) is 17.7 Å². The standard InChI is InChI=1S/C12H12N2O2S/c1-2-3-6-9-14-10-13-17(15,16)12-8-5-4-7-11(12)14/h1,4-5,7-8,10H,3,6,9H2. The Hall–Kier alpha value is -1.80. The molecule has 0 spiro atoms. The van der Waals surface area contributed by atoms with Crippen molar-refractivity contribution < 1.29 is 8.42 Å². The third-order valence-electron chi connectivity index (χ3n) is 2.50. The van der Waals surface area contributed by atoms with E-state index in [2.05, 4.69) is 10.3 Å². The number of rotatable bonds is 3. The van der Waals surface area contributed by atoms with E-state index in [-0.39, 0.29) is 4.90 Å². The second-order valence-corrected chi connectivity index (χ2v) is 5.27. The fourth-order valence-corrected chi connectivity index (χ4v) is 2.73. The Morgan fingerprint density at radius 1 is 1.35 bits per heavy atom. The minimum atomic E-state index is -3.52. The summed E-state index contributed by atoms with van der Waals surface area (Å²) in [6.45, 7) is 0.667. The van der Waals surface area contributed by atoms with Gasteiger partial charge in [0.15, 0.2) is 0 Å². The highest BCUT2D eigenvalue weighted by molar-refractivity contribution is 7.90. The zero-order chi connectivity index (χ0) is 12.3. The van der Waals surface area contributed by atoms with E-state index < -0.39 is 10.0 Å². The van der Waals surface area contributed by atoms with Gasteiger partial charge in [-0.2, -0.15) is 8.42 Å². The van der Waals surface area contributed by atoms with E-state index in [4.69, 9.17) is 6.42 Å². The summed E-state index contributed by atoms with van der Waals surface area (Å²) >= 11 is 0. The molecule has 17 heavy (non-hydrogen) atoms. The first-order chi connectivity index (χ1) is 8.15. The van der Waals surface area contributed by atoms with Crippen LogP contribution in [0.3, 0.4) is 0 Å². The van der Waals surface area contributed by atoms with Gasteiger partial charge >= 0.3 is 0 Å². The van der Waals surface area contributed by atoms with E-state index in [1.165, 1.54) is 6.34 Å². The molecular formula is C12H12N2O2S. The molecule has 0 bridgehead atoms. The molecule has 4 nitrogen and oxygen atoms in total. The van der Waals surface area contributed by atoms with Crippen molar-refractivity contribution in [2.24, 2.45) is 4.40 Å². The maximum Gasteiger partial charge on any atom is 0.285 e. The number of hydrogen-bond acceptors (Lipinski definition) is 3. The van der Waals surface area contributed by atoms with E-state index in [0.29, 0.717) is 18.7 Å². The lowest BCUT2D eigenvalue weighted by atomic mass is 10.2. The summed E-state index contributed by atoms with van der Waals surface area (Å²) in [4.78, 5) is 2.07. The van der Waals surface area contributed by atoms with Gasteiger partial charge in [-0.15, -0.1) is 16.7 Å². The zero-order valence-electron chi connectivity index (χ0n) is 9.20. The molecule has 0 aromatic heterocycles. The molecular weight excluding hydrogens is 236 g/mol. The van der Waals surface area contributed by atoms with Gasteiger partial charge in [-0.1, -0.05) is 12.1 Å². The summed E-state index contributed by atoms with van der Waals surface area (Å²) in [5, 5.41) is 0. The third kappa shape index (κ3) is 2.32. The average molecular weight is 248 g/mol. The quantitative estimate of drug-likeness (QED) is 0.603. The van der Waals surface area contributed by atoms with Crippen LogP contribution in [0.15, 0.2) is 33.6 Å². The van der Waals surface area contributed by atoms with Gasteiger partial charge in [-0.05, 0) is 18.6 Å². The first-order valence-electron chi connectivity index (χ1n) is 5.25. The Labute approximate surface area is 101 Å². The number of para-hydroxylation sites is 1. The molecule has 0 saturated carbocycles. The van der Waals surface area contributed by atoms with Gasteiger partial charge in [-0.3, -0.25) is 0 Å². The van der Waals surface area contributed by atoms with E-state index in [1.807, 2.05) is 11.0 Å². The number of hydrogen-bond donors (Lipinski definition) is 0. The number of benzene rings is 1. The van der Waals surface area contributed by atoms with Gasteiger partial charge in [0.05, 0.1) is 5.69 Å². The van der Waals surface area contributed by atoms with Crippen molar-refractivity contribution in [3.63, 3.8) is 0 Å². The Bertz CT molecular complexity index is 585. The fraction of sp³-hybridized carbons (Fsp3) is 0.250. The second kappa shape index (κ2) is 4.60. The molecule has 1 aliphatic rings. The van der Waals surface area contributed by atoms with E-state index in [0.717, 1.165) is 6.42 Å². The van der Waals surface area contributed by atoms with Crippen molar-refractivity contribution in [3.8, 4) is 12.3 Å². The molecule has 1 aromatic rings. The molecule has 1 aliphatic heterocycles. The van der Waals surface area contributed by atoms with Crippen LogP contribution in [0.2, 0.25) is 0 Å². The molecule has 2 rings (SSSR count). The predicted molar refractivity (Wildman–Crippen MR) is 67.5 cm³/mol. The van der Waals surface area contributed by atoms with Gasteiger partial charge in [0, 0.05) is 13.0 Å². The lowest BCUT2D eigenvalue weighted by molar-refractivity contribution is 0.597. The summed E-state index contributed by atoms with van der Waals surface area (Å²) in [5.41, 5.74) is 0.666. The third-order valence-corrected chi connectivity index (χ3v) is 3.77. The van der Waals surface area contributed by atoms with Crippen molar-refractivity contribution in [2.75, 3.05) is 11.4 Å². The van der Waals surface area contributed by atoms with Gasteiger partial charge in [0.1, 0.15) is 11.2 Å². The second-order valence-electron chi connectivity index (χ2n) is 3.66. The molecule has 0 N–H and O–H groups in total. The normalized spacial score (nSPS) is 16.3. The maximum absolute atomic E-state index is 11.7. The fourth-order valence-electron chi connectivity index (χ4n) is 1.68. The van der Waals surface area contributed by atoms with Gasteiger partial charge in [0.2, 0.25) is 0 Å². The first-order valence-corrected chi connectivity index (χ1v) is 6.69. The molecule has 0 aliphatic carbocycles. The summed E-state index contributed by atoms with van der Waals surface area (Å²) in [6, 6.07) is 6.84. The van der Waals surface area contributed by atoms with Crippen LogP contribution in [0.25, 0.3) is 0 Å². The van der Waals surface area contributed by atoms with Crippen molar-refractivity contribution >= 4 is 22.0 Å². The van der Waals surface area contributed by atoms with Crippen LogP contribution < -0.4 is 4.90 Å². The lowest BCUT2D eigenvalue weighted by Crippen LogP contribution is -2.28. The van der Waals surface area contributed by atoms with Crippen molar-refractivity contribution in [1.29, 1.82) is 0 Å². The molecule has 0 saturated heterocycles. The summed E-state index contributed by atoms with van der Waals surface area (Å²) in [5.74, 6) is 2.56. The SMILES string of the molecule is C#CCCCN1C=NS(=O)(=O)c2ccccc21. The van der Waals surface area contributed by atoms with Crippen LogP contribution >= 0.6 is 0 Å². The van der Waals surface area contributed by atoms with Crippen molar-refractivity contribution in [3.05, 3.63) is 24.3 Å². The number of anilines is 1. The predicted octanol–water partition coefficient (Wildman–Crippen LogP) is 1.64. The maximum atomic E-state index is 11.7. The van der Waals surface area contributed by atoms with E-state index >= 15 is 0 Å². The summed E-state index contributed by atoms with van der Waals surface area (Å²) in [7, 11) is -3.52. The number of unbranched alkanes of at least 4 members (excludes halogenated alkanes) is 1. The van der Waals surface area contributed by atoms with Gasteiger partial charge in [-0.25, -0.2) is 0 Å². The Morgan fingerprint density at radius 3 is 2.88 bits per heavy atom. The van der Waals surface area contributed by atoms with Gasteiger partial charge < -0.3 is 4.90 Å². The summed E-state index contributed by atoms with van der Waals surface area (Å²) < 4.78 is 27.0. The topological polar surface area (TPSA) is 49.7 Å². The summed E-state index contributed by atoms with van der Waals surface area (Å²) in [6.07, 6.45) is 8.01. The monoisotopic (exact) mass is 248 g/mol. The average Bonchev–Trinajstić information content (AvgIpc) is 2.33. The number of terminal acetylenes is 1. The van der Waals surface area contributed by atoms with Crippen LogP contribution in [0, 0.1) is 12.3 Å². The Morgan fingerprint density at radius 2 is 2.12 bits per heavy atom. The van der Waals surface area contributed by atoms with Crippen LogP contribution in [0.5, 0.6) is 0 Å². The number of sulfonamides is 1. The molecule has 1 aromatic carbocycles. The highest BCUT2D eigenvalue weighted by Crippen LogP contribution is 2.29. The molecule has 1 heterocycles. The largest absolute Gasteiger partial charge is 0.331 e. The molecule has 0 radical (unpaired) electrons. The van der Waals surface area contributed by atoms with Crippen molar-refractivity contribution in [1.82, 2.24) is 0 Å². The molecule has 5 heteroatoms. The molecule has 0 atom stereocenters. The lowest BCUT2D eigenvalue weighted by Gasteiger charge is -2.24. The Balaban J connectivity index is 2.31. The highest BCUT2D eigenvalue weighted by atomic mass is 32.2. The molecule has 0 fully saturated rings. The smallest absolute Gasteiger partial charge is 0.285 e. The number of fused-ring (bicyclic) bond motifs is 1. The van der Waals surface area contributed by atoms with Crippen LogP contribution in [0.1, 0.15) is 12.8 Å². The molecule has 88 valence electrons. The Kier molecular flexibility index (Phi) is 3.16. The minimum Gasteiger partial charge on any atom is -0.331 e. The van der Waals surface area contributed by atoms with Crippen LogP contribution in [-0.4, -0.2) is 21.3 Å².